The predicted octanol–water partition coefficient (Wildman–Crippen LogP) is 2.92. The van der Waals surface area contributed by atoms with Gasteiger partial charge in [0.15, 0.2) is 0 Å². The van der Waals surface area contributed by atoms with E-state index in [0.717, 1.165) is 37.1 Å². The van der Waals surface area contributed by atoms with Crippen molar-refractivity contribution < 1.29 is 4.79 Å². The number of nitrogens with two attached hydrogens (primary N) is 1. The van der Waals surface area contributed by atoms with Crippen molar-refractivity contribution in [2.75, 3.05) is 13.1 Å². The Bertz CT molecular complexity index is 466. The molecule has 1 fully saturated rings. The number of carbonyl (C=O) groups is 1. The van der Waals surface area contributed by atoms with Gasteiger partial charge in [-0.25, -0.2) is 0 Å². The van der Waals surface area contributed by atoms with Crippen molar-refractivity contribution in [3.8, 4) is 0 Å². The van der Waals surface area contributed by atoms with Crippen LogP contribution in [0.3, 0.4) is 0 Å². The van der Waals surface area contributed by atoms with E-state index in [1.165, 1.54) is 5.56 Å². The molecular formula is C16H25ClN2O. The SMILES string of the molecule is Cc1cccc(C(=O)N2CCC(C(C)N)CC2)c1C.Cl. The van der Waals surface area contributed by atoms with Crippen LogP contribution in [0.1, 0.15) is 41.3 Å². The summed E-state index contributed by atoms with van der Waals surface area (Å²) in [4.78, 5) is 14.5. The van der Waals surface area contributed by atoms with Crippen LogP contribution in [0.25, 0.3) is 0 Å². The fourth-order valence-corrected chi connectivity index (χ4v) is 2.78. The van der Waals surface area contributed by atoms with Gasteiger partial charge in [-0.3, -0.25) is 4.79 Å². The van der Waals surface area contributed by atoms with Gasteiger partial charge in [0.1, 0.15) is 0 Å². The lowest BCUT2D eigenvalue weighted by atomic mass is 9.90. The highest BCUT2D eigenvalue weighted by atomic mass is 35.5. The summed E-state index contributed by atoms with van der Waals surface area (Å²) in [5.74, 6) is 0.729. The van der Waals surface area contributed by atoms with Crippen LogP contribution in [-0.2, 0) is 0 Å². The van der Waals surface area contributed by atoms with Crippen LogP contribution < -0.4 is 5.73 Å². The van der Waals surface area contributed by atoms with E-state index >= 15 is 0 Å². The van der Waals surface area contributed by atoms with Gasteiger partial charge in [0, 0.05) is 24.7 Å². The summed E-state index contributed by atoms with van der Waals surface area (Å²) in [5.41, 5.74) is 9.06. The highest BCUT2D eigenvalue weighted by Crippen LogP contribution is 2.22. The van der Waals surface area contributed by atoms with Gasteiger partial charge in [-0.05, 0) is 56.7 Å². The number of carbonyl (C=O) groups excluding carboxylic acids is 1. The topological polar surface area (TPSA) is 46.3 Å². The Morgan fingerprint density at radius 3 is 2.45 bits per heavy atom. The average molecular weight is 297 g/mol. The number of nitrogens with zero attached hydrogens (tertiary/aromatic N) is 1. The molecule has 0 bridgehead atoms. The highest BCUT2D eigenvalue weighted by Gasteiger charge is 2.26. The van der Waals surface area contributed by atoms with E-state index in [1.807, 2.05) is 24.0 Å². The minimum Gasteiger partial charge on any atom is -0.339 e. The average Bonchev–Trinajstić information content (AvgIpc) is 2.41. The Labute approximate surface area is 127 Å². The largest absolute Gasteiger partial charge is 0.339 e. The van der Waals surface area contributed by atoms with Crippen molar-refractivity contribution in [3.05, 3.63) is 34.9 Å². The van der Waals surface area contributed by atoms with Crippen LogP contribution in [0.15, 0.2) is 18.2 Å². The molecule has 1 atom stereocenters. The van der Waals surface area contributed by atoms with Gasteiger partial charge in [0.2, 0.25) is 0 Å². The number of likely N-dealkylation sites (tertiary alicyclic amines) is 1. The molecule has 0 aliphatic carbocycles. The number of aryl methyl sites for hydroxylation is 1. The van der Waals surface area contributed by atoms with Gasteiger partial charge in [-0.1, -0.05) is 12.1 Å². The van der Waals surface area contributed by atoms with Crippen molar-refractivity contribution in [2.45, 2.75) is 39.7 Å². The van der Waals surface area contributed by atoms with E-state index in [-0.39, 0.29) is 24.4 Å². The summed E-state index contributed by atoms with van der Waals surface area (Å²) in [6.45, 7) is 7.80. The summed E-state index contributed by atoms with van der Waals surface area (Å²) in [7, 11) is 0. The van der Waals surface area contributed by atoms with E-state index in [4.69, 9.17) is 5.73 Å². The number of benzene rings is 1. The molecule has 1 aromatic carbocycles. The predicted molar refractivity (Wildman–Crippen MR) is 85.4 cm³/mol. The van der Waals surface area contributed by atoms with Gasteiger partial charge in [0.05, 0.1) is 0 Å². The zero-order chi connectivity index (χ0) is 14.0. The molecule has 2 rings (SSSR count). The third kappa shape index (κ3) is 3.53. The first kappa shape index (κ1) is 17.0. The second kappa shape index (κ2) is 7.09. The number of piperidine rings is 1. The molecule has 0 aromatic heterocycles. The van der Waals surface area contributed by atoms with E-state index < -0.39 is 0 Å². The van der Waals surface area contributed by atoms with Crippen molar-refractivity contribution in [2.24, 2.45) is 11.7 Å². The molecule has 1 unspecified atom stereocenters. The second-order valence-corrected chi connectivity index (χ2v) is 5.74. The molecule has 1 heterocycles. The molecule has 112 valence electrons. The molecule has 2 N–H and O–H groups in total. The van der Waals surface area contributed by atoms with Crippen molar-refractivity contribution in [1.29, 1.82) is 0 Å². The maximum absolute atomic E-state index is 12.5. The molecule has 0 radical (unpaired) electrons. The molecule has 4 heteroatoms. The molecule has 1 aliphatic rings. The molecule has 0 saturated carbocycles. The molecule has 1 amide bonds. The lowest BCUT2D eigenvalue weighted by Gasteiger charge is -2.34. The molecular weight excluding hydrogens is 272 g/mol. The first-order chi connectivity index (χ1) is 9.00. The van der Waals surface area contributed by atoms with Gasteiger partial charge >= 0.3 is 0 Å². The van der Waals surface area contributed by atoms with Gasteiger partial charge in [0.25, 0.3) is 5.91 Å². The summed E-state index contributed by atoms with van der Waals surface area (Å²) < 4.78 is 0. The van der Waals surface area contributed by atoms with Crippen molar-refractivity contribution >= 4 is 18.3 Å². The van der Waals surface area contributed by atoms with E-state index in [2.05, 4.69) is 19.9 Å². The Hall–Kier alpha value is -1.06. The summed E-state index contributed by atoms with van der Waals surface area (Å²) in [6.07, 6.45) is 2.04. The highest BCUT2D eigenvalue weighted by molar-refractivity contribution is 5.96. The third-order valence-electron chi connectivity index (χ3n) is 4.41. The molecule has 0 spiro atoms. The Morgan fingerprint density at radius 2 is 1.90 bits per heavy atom. The molecule has 3 nitrogen and oxygen atoms in total. The van der Waals surface area contributed by atoms with Gasteiger partial charge in [-0.15, -0.1) is 12.4 Å². The first-order valence-corrected chi connectivity index (χ1v) is 7.11. The van der Waals surface area contributed by atoms with E-state index in [9.17, 15) is 4.79 Å². The molecule has 20 heavy (non-hydrogen) atoms. The quantitative estimate of drug-likeness (QED) is 0.912. The number of amides is 1. The smallest absolute Gasteiger partial charge is 0.254 e. The minimum atomic E-state index is 0. The zero-order valence-corrected chi connectivity index (χ0v) is 13.4. The van der Waals surface area contributed by atoms with Crippen molar-refractivity contribution in [3.63, 3.8) is 0 Å². The summed E-state index contributed by atoms with van der Waals surface area (Å²) in [5, 5.41) is 0. The summed E-state index contributed by atoms with van der Waals surface area (Å²) >= 11 is 0. The van der Waals surface area contributed by atoms with Crippen LogP contribution in [0, 0.1) is 19.8 Å². The first-order valence-electron chi connectivity index (χ1n) is 7.11. The van der Waals surface area contributed by atoms with Crippen LogP contribution >= 0.6 is 12.4 Å². The zero-order valence-electron chi connectivity index (χ0n) is 12.6. The lowest BCUT2D eigenvalue weighted by molar-refractivity contribution is 0.0680. The third-order valence-corrected chi connectivity index (χ3v) is 4.41. The number of hydrogen-bond donors (Lipinski definition) is 1. The number of hydrogen-bond acceptors (Lipinski definition) is 2. The normalized spacial score (nSPS) is 17.5. The Kier molecular flexibility index (Phi) is 6.03. The minimum absolute atomic E-state index is 0. The lowest BCUT2D eigenvalue weighted by Crippen LogP contribution is -2.42. The Balaban J connectivity index is 0.00000200. The maximum Gasteiger partial charge on any atom is 0.254 e. The Morgan fingerprint density at radius 1 is 1.30 bits per heavy atom. The van der Waals surface area contributed by atoms with Crippen LogP contribution in [0.5, 0.6) is 0 Å². The van der Waals surface area contributed by atoms with Gasteiger partial charge in [-0.2, -0.15) is 0 Å². The number of rotatable bonds is 2. The molecule has 1 aliphatic heterocycles. The standard InChI is InChI=1S/C16H24N2O.ClH/c1-11-5-4-6-15(12(11)2)16(19)18-9-7-14(8-10-18)13(3)17;/h4-6,13-14H,7-10,17H2,1-3H3;1H. The maximum atomic E-state index is 12.5. The summed E-state index contributed by atoms with van der Waals surface area (Å²) in [6, 6.07) is 6.18. The fourth-order valence-electron chi connectivity index (χ4n) is 2.78. The fraction of sp³-hybridized carbons (Fsp3) is 0.562. The molecule has 1 aromatic rings. The van der Waals surface area contributed by atoms with Crippen LogP contribution in [-0.4, -0.2) is 29.9 Å². The van der Waals surface area contributed by atoms with Crippen LogP contribution in [0.2, 0.25) is 0 Å². The van der Waals surface area contributed by atoms with E-state index in [1.54, 1.807) is 0 Å². The molecule has 1 saturated heterocycles. The van der Waals surface area contributed by atoms with Crippen molar-refractivity contribution in [1.82, 2.24) is 4.90 Å². The van der Waals surface area contributed by atoms with Crippen LogP contribution in [0.4, 0.5) is 0 Å². The monoisotopic (exact) mass is 296 g/mol. The second-order valence-electron chi connectivity index (χ2n) is 5.74. The van der Waals surface area contributed by atoms with E-state index in [0.29, 0.717) is 5.92 Å². The number of halogens is 1. The van der Waals surface area contributed by atoms with Gasteiger partial charge < -0.3 is 10.6 Å².